The number of ether oxygens (including phenoxy) is 1. The summed E-state index contributed by atoms with van der Waals surface area (Å²) in [6, 6.07) is 8.72. The molecular weight excluding hydrogens is 314 g/mol. The standard InChI is InChI=1S/C13H8Cl4O/c1-18-13-3-2-7(4-12(13)17)8-5-10(15)11(16)6-9(8)14/h2-6H,1H3. The van der Waals surface area contributed by atoms with E-state index in [-0.39, 0.29) is 0 Å². The van der Waals surface area contributed by atoms with E-state index < -0.39 is 0 Å². The largest absolute Gasteiger partial charge is 0.495 e. The van der Waals surface area contributed by atoms with Gasteiger partial charge >= 0.3 is 0 Å². The van der Waals surface area contributed by atoms with Crippen LogP contribution in [0.2, 0.25) is 20.1 Å². The minimum Gasteiger partial charge on any atom is -0.495 e. The number of hydrogen-bond acceptors (Lipinski definition) is 1. The van der Waals surface area contributed by atoms with Crippen LogP contribution in [0.3, 0.4) is 0 Å². The molecule has 0 bridgehead atoms. The lowest BCUT2D eigenvalue weighted by molar-refractivity contribution is 0.415. The lowest BCUT2D eigenvalue weighted by Gasteiger charge is -2.09. The first-order valence-electron chi connectivity index (χ1n) is 5.01. The zero-order valence-electron chi connectivity index (χ0n) is 9.31. The Hall–Kier alpha value is -0.600. The predicted octanol–water partition coefficient (Wildman–Crippen LogP) is 5.98. The van der Waals surface area contributed by atoms with Gasteiger partial charge in [0, 0.05) is 10.6 Å². The molecule has 0 atom stereocenters. The van der Waals surface area contributed by atoms with E-state index in [1.807, 2.05) is 6.07 Å². The van der Waals surface area contributed by atoms with E-state index in [1.54, 1.807) is 31.4 Å². The van der Waals surface area contributed by atoms with Gasteiger partial charge in [-0.3, -0.25) is 0 Å². The van der Waals surface area contributed by atoms with Crippen molar-refractivity contribution < 1.29 is 4.74 Å². The number of methoxy groups -OCH3 is 1. The van der Waals surface area contributed by atoms with Crippen molar-refractivity contribution in [3.63, 3.8) is 0 Å². The number of rotatable bonds is 2. The van der Waals surface area contributed by atoms with E-state index in [4.69, 9.17) is 51.1 Å². The molecule has 0 amide bonds. The fourth-order valence-electron chi connectivity index (χ4n) is 1.58. The highest BCUT2D eigenvalue weighted by molar-refractivity contribution is 6.44. The molecule has 0 heterocycles. The Labute approximate surface area is 125 Å². The van der Waals surface area contributed by atoms with Gasteiger partial charge in [0.15, 0.2) is 0 Å². The van der Waals surface area contributed by atoms with E-state index in [0.717, 1.165) is 11.1 Å². The first-order valence-corrected chi connectivity index (χ1v) is 6.52. The Balaban J connectivity index is 2.55. The molecule has 2 aromatic rings. The molecule has 18 heavy (non-hydrogen) atoms. The molecular formula is C13H8Cl4O. The van der Waals surface area contributed by atoms with Gasteiger partial charge in [0.1, 0.15) is 5.75 Å². The molecule has 2 rings (SSSR count). The Morgan fingerprint density at radius 1 is 0.778 bits per heavy atom. The maximum atomic E-state index is 6.14. The highest BCUT2D eigenvalue weighted by atomic mass is 35.5. The van der Waals surface area contributed by atoms with E-state index in [1.165, 1.54) is 0 Å². The molecule has 0 saturated heterocycles. The van der Waals surface area contributed by atoms with Crippen molar-refractivity contribution in [2.45, 2.75) is 0 Å². The van der Waals surface area contributed by atoms with Crippen LogP contribution >= 0.6 is 46.4 Å². The quantitative estimate of drug-likeness (QED) is 0.618. The van der Waals surface area contributed by atoms with E-state index >= 15 is 0 Å². The zero-order chi connectivity index (χ0) is 13.3. The van der Waals surface area contributed by atoms with Crippen molar-refractivity contribution in [3.8, 4) is 16.9 Å². The normalized spacial score (nSPS) is 10.5. The molecule has 0 aromatic heterocycles. The topological polar surface area (TPSA) is 9.23 Å². The Morgan fingerprint density at radius 2 is 1.44 bits per heavy atom. The van der Waals surface area contributed by atoms with Crippen LogP contribution in [0.25, 0.3) is 11.1 Å². The van der Waals surface area contributed by atoms with Gasteiger partial charge in [0.05, 0.1) is 22.2 Å². The van der Waals surface area contributed by atoms with Crippen molar-refractivity contribution >= 4 is 46.4 Å². The average molecular weight is 322 g/mol. The van der Waals surface area contributed by atoms with Crippen LogP contribution < -0.4 is 4.74 Å². The molecule has 1 nitrogen and oxygen atoms in total. The van der Waals surface area contributed by atoms with E-state index in [0.29, 0.717) is 25.8 Å². The number of hydrogen-bond donors (Lipinski definition) is 0. The highest BCUT2D eigenvalue weighted by Crippen LogP contribution is 2.37. The molecule has 0 spiro atoms. The Morgan fingerprint density at radius 3 is 2.06 bits per heavy atom. The summed E-state index contributed by atoms with van der Waals surface area (Å²) in [5.74, 6) is 0.608. The predicted molar refractivity (Wildman–Crippen MR) is 78.5 cm³/mol. The summed E-state index contributed by atoms with van der Waals surface area (Å²) in [5, 5.41) is 1.90. The molecule has 0 aliphatic heterocycles. The monoisotopic (exact) mass is 320 g/mol. The second-order valence-electron chi connectivity index (χ2n) is 3.60. The fourth-order valence-corrected chi connectivity index (χ4v) is 2.49. The summed E-state index contributed by atoms with van der Waals surface area (Å²) in [7, 11) is 1.56. The maximum absolute atomic E-state index is 6.14. The Kier molecular flexibility index (Phi) is 4.29. The molecule has 0 N–H and O–H groups in total. The van der Waals surface area contributed by atoms with Crippen LogP contribution in [0.15, 0.2) is 30.3 Å². The summed E-state index contributed by atoms with van der Waals surface area (Å²) in [6.45, 7) is 0. The van der Waals surface area contributed by atoms with Gasteiger partial charge in [-0.15, -0.1) is 0 Å². The van der Waals surface area contributed by atoms with Crippen molar-refractivity contribution in [3.05, 3.63) is 50.4 Å². The summed E-state index contributed by atoms with van der Waals surface area (Å²) in [6.07, 6.45) is 0. The minimum atomic E-state index is 0.421. The van der Waals surface area contributed by atoms with Crippen molar-refractivity contribution in [1.29, 1.82) is 0 Å². The molecule has 0 fully saturated rings. The lowest BCUT2D eigenvalue weighted by Crippen LogP contribution is -1.86. The van der Waals surface area contributed by atoms with Gasteiger partial charge in [0.25, 0.3) is 0 Å². The number of benzene rings is 2. The van der Waals surface area contributed by atoms with E-state index in [9.17, 15) is 0 Å². The summed E-state index contributed by atoms with van der Waals surface area (Å²) in [4.78, 5) is 0. The van der Waals surface area contributed by atoms with Gasteiger partial charge in [-0.05, 0) is 29.8 Å². The van der Waals surface area contributed by atoms with Gasteiger partial charge in [-0.25, -0.2) is 0 Å². The summed E-state index contributed by atoms with van der Waals surface area (Å²) in [5.41, 5.74) is 1.62. The van der Waals surface area contributed by atoms with Crippen LogP contribution in [0.5, 0.6) is 5.75 Å². The molecule has 2 aromatic carbocycles. The molecule has 0 saturated carbocycles. The Bertz CT molecular complexity index is 596. The molecule has 94 valence electrons. The van der Waals surface area contributed by atoms with Gasteiger partial charge in [0.2, 0.25) is 0 Å². The van der Waals surface area contributed by atoms with Gasteiger partial charge in [-0.1, -0.05) is 52.5 Å². The molecule has 0 unspecified atom stereocenters. The van der Waals surface area contributed by atoms with Crippen molar-refractivity contribution in [2.24, 2.45) is 0 Å². The van der Waals surface area contributed by atoms with E-state index in [2.05, 4.69) is 0 Å². The molecule has 0 radical (unpaired) electrons. The smallest absolute Gasteiger partial charge is 0.137 e. The summed E-state index contributed by atoms with van der Waals surface area (Å²) >= 11 is 24.1. The van der Waals surface area contributed by atoms with Crippen molar-refractivity contribution in [1.82, 2.24) is 0 Å². The first-order chi connectivity index (χ1) is 8.52. The van der Waals surface area contributed by atoms with Crippen molar-refractivity contribution in [2.75, 3.05) is 7.11 Å². The minimum absolute atomic E-state index is 0.421. The molecule has 0 aliphatic rings. The van der Waals surface area contributed by atoms with Crippen LogP contribution in [0.1, 0.15) is 0 Å². The highest BCUT2D eigenvalue weighted by Gasteiger charge is 2.10. The van der Waals surface area contributed by atoms with Crippen LogP contribution in [0.4, 0.5) is 0 Å². The third-order valence-electron chi connectivity index (χ3n) is 2.47. The fraction of sp³-hybridized carbons (Fsp3) is 0.0769. The second-order valence-corrected chi connectivity index (χ2v) is 5.22. The lowest BCUT2D eigenvalue weighted by atomic mass is 10.1. The average Bonchev–Trinajstić information content (AvgIpc) is 2.33. The van der Waals surface area contributed by atoms with Gasteiger partial charge < -0.3 is 4.74 Å². The van der Waals surface area contributed by atoms with Crippen LogP contribution in [-0.4, -0.2) is 7.11 Å². The zero-order valence-corrected chi connectivity index (χ0v) is 12.3. The van der Waals surface area contributed by atoms with Crippen LogP contribution in [-0.2, 0) is 0 Å². The maximum Gasteiger partial charge on any atom is 0.137 e. The number of halogens is 4. The first kappa shape index (κ1) is 13.8. The third-order valence-corrected chi connectivity index (χ3v) is 3.80. The SMILES string of the molecule is COc1ccc(-c2cc(Cl)c(Cl)cc2Cl)cc1Cl. The summed E-state index contributed by atoms with van der Waals surface area (Å²) < 4.78 is 5.10. The molecule has 5 heteroatoms. The second kappa shape index (κ2) is 5.58. The third kappa shape index (κ3) is 2.70. The van der Waals surface area contributed by atoms with Gasteiger partial charge in [-0.2, -0.15) is 0 Å². The molecule has 0 aliphatic carbocycles. The van der Waals surface area contributed by atoms with Crippen LogP contribution in [0, 0.1) is 0 Å².